The van der Waals surface area contributed by atoms with Gasteiger partial charge >= 0.3 is 0 Å². The van der Waals surface area contributed by atoms with Crippen LogP contribution in [0.3, 0.4) is 0 Å². The van der Waals surface area contributed by atoms with Crippen molar-refractivity contribution in [2.24, 2.45) is 5.84 Å². The zero-order valence-electron chi connectivity index (χ0n) is 8.28. The minimum absolute atomic E-state index is 0.0730. The average molecular weight is 273 g/mol. The summed E-state index contributed by atoms with van der Waals surface area (Å²) >= 11 is 13.6. The second-order valence-electron chi connectivity index (χ2n) is 3.32. The van der Waals surface area contributed by atoms with Crippen LogP contribution in [0.15, 0.2) is 35.7 Å². The van der Waals surface area contributed by atoms with Crippen molar-refractivity contribution in [2.75, 3.05) is 0 Å². The van der Waals surface area contributed by atoms with Crippen molar-refractivity contribution in [1.29, 1.82) is 0 Å². The topological polar surface area (TPSA) is 38.0 Å². The molecule has 3 N–H and O–H groups in total. The van der Waals surface area contributed by atoms with Crippen LogP contribution in [0.25, 0.3) is 0 Å². The van der Waals surface area contributed by atoms with Gasteiger partial charge < -0.3 is 0 Å². The molecule has 0 saturated heterocycles. The van der Waals surface area contributed by atoms with Crippen molar-refractivity contribution >= 4 is 34.5 Å². The Labute approximate surface area is 108 Å². The van der Waals surface area contributed by atoms with E-state index in [-0.39, 0.29) is 6.04 Å². The predicted octanol–water partition coefficient (Wildman–Crippen LogP) is 3.61. The van der Waals surface area contributed by atoms with Crippen molar-refractivity contribution in [2.45, 2.75) is 6.04 Å². The Bertz CT molecular complexity index is 451. The van der Waals surface area contributed by atoms with E-state index in [4.69, 9.17) is 29.0 Å². The molecular formula is C11H10Cl2N2S. The van der Waals surface area contributed by atoms with Gasteiger partial charge in [-0.2, -0.15) is 0 Å². The lowest BCUT2D eigenvalue weighted by Gasteiger charge is -2.15. The Morgan fingerprint density at radius 2 is 1.88 bits per heavy atom. The smallest absolute Gasteiger partial charge is 0.0803 e. The van der Waals surface area contributed by atoms with Gasteiger partial charge in [0.1, 0.15) is 0 Å². The van der Waals surface area contributed by atoms with Crippen LogP contribution < -0.4 is 11.3 Å². The van der Waals surface area contributed by atoms with Gasteiger partial charge in [0.25, 0.3) is 0 Å². The maximum Gasteiger partial charge on any atom is 0.0803 e. The summed E-state index contributed by atoms with van der Waals surface area (Å²) in [6.07, 6.45) is 0. The van der Waals surface area contributed by atoms with E-state index < -0.39 is 0 Å². The Kier molecular flexibility index (Phi) is 3.84. The van der Waals surface area contributed by atoms with Gasteiger partial charge in [-0.05, 0) is 35.2 Å². The van der Waals surface area contributed by atoms with Crippen LogP contribution in [0.1, 0.15) is 16.5 Å². The fourth-order valence-electron chi connectivity index (χ4n) is 1.54. The zero-order valence-corrected chi connectivity index (χ0v) is 10.6. The van der Waals surface area contributed by atoms with Crippen molar-refractivity contribution in [3.05, 3.63) is 56.2 Å². The molecule has 0 fully saturated rings. The van der Waals surface area contributed by atoms with Crippen molar-refractivity contribution in [1.82, 2.24) is 5.43 Å². The first-order valence-electron chi connectivity index (χ1n) is 4.66. The maximum absolute atomic E-state index is 5.96. The first-order chi connectivity index (χ1) is 7.70. The van der Waals surface area contributed by atoms with Crippen LogP contribution in [0.4, 0.5) is 0 Å². The molecule has 0 spiro atoms. The molecule has 0 amide bonds. The molecule has 2 rings (SSSR count). The van der Waals surface area contributed by atoms with Gasteiger partial charge in [0.05, 0.1) is 6.04 Å². The normalized spacial score (nSPS) is 12.7. The number of nitrogens with two attached hydrogens (primary N) is 1. The Hall–Kier alpha value is -0.580. The number of nitrogens with one attached hydrogen (secondary N) is 1. The largest absolute Gasteiger partial charge is 0.271 e. The third-order valence-electron chi connectivity index (χ3n) is 2.21. The second-order valence-corrected chi connectivity index (χ2v) is 5.17. The van der Waals surface area contributed by atoms with Gasteiger partial charge in [-0.15, -0.1) is 11.3 Å². The van der Waals surface area contributed by atoms with Crippen molar-refractivity contribution in [3.63, 3.8) is 0 Å². The van der Waals surface area contributed by atoms with Gasteiger partial charge in [0.15, 0.2) is 0 Å². The van der Waals surface area contributed by atoms with E-state index in [2.05, 4.69) is 5.43 Å². The fraction of sp³-hybridized carbons (Fsp3) is 0.0909. The van der Waals surface area contributed by atoms with Gasteiger partial charge in [-0.3, -0.25) is 5.84 Å². The van der Waals surface area contributed by atoms with Crippen LogP contribution in [0.5, 0.6) is 0 Å². The average Bonchev–Trinajstić information content (AvgIpc) is 2.70. The SMILES string of the molecule is NNC(c1cc(Cl)cc(Cl)c1)c1cccs1. The molecule has 84 valence electrons. The summed E-state index contributed by atoms with van der Waals surface area (Å²) in [6, 6.07) is 9.35. The molecule has 5 heteroatoms. The highest BCUT2D eigenvalue weighted by Crippen LogP contribution is 2.29. The summed E-state index contributed by atoms with van der Waals surface area (Å²) in [7, 11) is 0. The summed E-state index contributed by atoms with van der Waals surface area (Å²) in [5, 5.41) is 3.23. The molecule has 1 heterocycles. The molecule has 1 aromatic carbocycles. The van der Waals surface area contributed by atoms with E-state index in [1.165, 1.54) is 0 Å². The van der Waals surface area contributed by atoms with E-state index >= 15 is 0 Å². The van der Waals surface area contributed by atoms with E-state index in [0.29, 0.717) is 10.0 Å². The van der Waals surface area contributed by atoms with Gasteiger partial charge in [-0.1, -0.05) is 29.3 Å². The minimum Gasteiger partial charge on any atom is -0.271 e. The molecular weight excluding hydrogens is 263 g/mol. The lowest BCUT2D eigenvalue weighted by Crippen LogP contribution is -2.28. The monoisotopic (exact) mass is 272 g/mol. The number of hydrogen-bond donors (Lipinski definition) is 2. The molecule has 0 aliphatic heterocycles. The molecule has 0 bridgehead atoms. The highest BCUT2D eigenvalue weighted by Gasteiger charge is 2.14. The van der Waals surface area contributed by atoms with E-state index in [1.807, 2.05) is 29.6 Å². The molecule has 0 aliphatic rings. The molecule has 1 atom stereocenters. The van der Waals surface area contributed by atoms with Crippen LogP contribution >= 0.6 is 34.5 Å². The molecule has 2 aromatic rings. The number of benzene rings is 1. The van der Waals surface area contributed by atoms with Crippen molar-refractivity contribution < 1.29 is 0 Å². The second kappa shape index (κ2) is 5.17. The van der Waals surface area contributed by atoms with Crippen LogP contribution in [-0.2, 0) is 0 Å². The quantitative estimate of drug-likeness (QED) is 0.662. The summed E-state index contributed by atoms with van der Waals surface area (Å²) in [4.78, 5) is 1.13. The maximum atomic E-state index is 5.96. The predicted molar refractivity (Wildman–Crippen MR) is 69.9 cm³/mol. The Morgan fingerprint density at radius 1 is 1.19 bits per heavy atom. The highest BCUT2D eigenvalue weighted by atomic mass is 35.5. The molecule has 2 nitrogen and oxygen atoms in total. The molecule has 16 heavy (non-hydrogen) atoms. The molecule has 1 unspecified atom stereocenters. The standard InChI is InChI=1S/C11H10Cl2N2S/c12-8-4-7(5-9(13)6-8)11(15-14)10-2-1-3-16-10/h1-6,11,15H,14H2. The minimum atomic E-state index is -0.0730. The zero-order chi connectivity index (χ0) is 11.5. The van der Waals surface area contributed by atoms with Crippen molar-refractivity contribution in [3.8, 4) is 0 Å². The third-order valence-corrected chi connectivity index (χ3v) is 3.59. The first-order valence-corrected chi connectivity index (χ1v) is 6.30. The summed E-state index contributed by atoms with van der Waals surface area (Å²) in [5.74, 6) is 5.57. The first kappa shape index (κ1) is 11.9. The van der Waals surface area contributed by atoms with E-state index in [0.717, 1.165) is 10.4 Å². The number of hydrogen-bond acceptors (Lipinski definition) is 3. The lowest BCUT2D eigenvalue weighted by atomic mass is 10.1. The van der Waals surface area contributed by atoms with E-state index in [1.54, 1.807) is 17.4 Å². The van der Waals surface area contributed by atoms with Crippen LogP contribution in [0.2, 0.25) is 10.0 Å². The number of hydrazine groups is 1. The highest BCUT2D eigenvalue weighted by molar-refractivity contribution is 7.10. The van der Waals surface area contributed by atoms with Crippen LogP contribution in [0, 0.1) is 0 Å². The van der Waals surface area contributed by atoms with Crippen LogP contribution in [-0.4, -0.2) is 0 Å². The lowest BCUT2D eigenvalue weighted by molar-refractivity contribution is 0.646. The van der Waals surface area contributed by atoms with Gasteiger partial charge in [0, 0.05) is 14.9 Å². The number of rotatable bonds is 3. The molecule has 0 saturated carbocycles. The van der Waals surface area contributed by atoms with Gasteiger partial charge in [-0.25, -0.2) is 5.43 Å². The molecule has 1 aromatic heterocycles. The number of halogens is 2. The number of thiophene rings is 1. The Morgan fingerprint density at radius 3 is 2.38 bits per heavy atom. The summed E-state index contributed by atoms with van der Waals surface area (Å²) < 4.78 is 0. The van der Waals surface area contributed by atoms with Gasteiger partial charge in [0.2, 0.25) is 0 Å². The fourth-order valence-corrected chi connectivity index (χ4v) is 2.89. The molecule has 0 radical (unpaired) electrons. The third kappa shape index (κ3) is 2.56. The summed E-state index contributed by atoms with van der Waals surface area (Å²) in [5.41, 5.74) is 3.73. The molecule has 0 aliphatic carbocycles. The summed E-state index contributed by atoms with van der Waals surface area (Å²) in [6.45, 7) is 0. The van der Waals surface area contributed by atoms with E-state index in [9.17, 15) is 0 Å². The Balaban J connectivity index is 2.41.